The number of allylic oxidation sites excluding steroid dienone is 2. The second-order valence-corrected chi connectivity index (χ2v) is 9.74. The molecule has 0 spiro atoms. The quantitative estimate of drug-likeness (QED) is 0.559. The van der Waals surface area contributed by atoms with E-state index in [0.717, 1.165) is 35.6 Å². The average molecular weight is 425 g/mol. The van der Waals surface area contributed by atoms with Crippen molar-refractivity contribution in [1.82, 2.24) is 10.3 Å². The van der Waals surface area contributed by atoms with Crippen LogP contribution < -0.4 is 15.9 Å². The van der Waals surface area contributed by atoms with Gasteiger partial charge in [-0.3, -0.25) is 15.1 Å². The Labute approximate surface area is 183 Å². The predicted molar refractivity (Wildman–Crippen MR) is 124 cm³/mol. The number of amidine groups is 1. The molecule has 0 aromatic heterocycles. The number of thioether (sulfide) groups is 1. The molecule has 1 N–H and O–H groups in total. The molecule has 0 radical (unpaired) electrons. The summed E-state index contributed by atoms with van der Waals surface area (Å²) in [6.07, 6.45) is 9.10. The number of carbonyl (C=O) groups excluding carboxylic acids is 1. The van der Waals surface area contributed by atoms with Crippen molar-refractivity contribution < 1.29 is 4.79 Å². The molecular weight excluding hydrogens is 392 g/mol. The maximum Gasteiger partial charge on any atom is 0.276 e. The summed E-state index contributed by atoms with van der Waals surface area (Å²) in [5.74, 6) is 1.74. The number of fused-ring (bicyclic) bond motifs is 2. The van der Waals surface area contributed by atoms with Gasteiger partial charge < -0.3 is 0 Å². The first-order chi connectivity index (χ1) is 14.6. The van der Waals surface area contributed by atoms with Crippen molar-refractivity contribution in [2.75, 3.05) is 5.75 Å². The highest BCUT2D eigenvalue weighted by molar-refractivity contribution is 8.13. The Balaban J connectivity index is 1.67. The third-order valence-electron chi connectivity index (χ3n) is 6.28. The Hall–Kier alpha value is -2.08. The number of benzene rings is 1. The molecule has 6 heteroatoms. The fourth-order valence-electron chi connectivity index (χ4n) is 4.62. The lowest BCUT2D eigenvalue weighted by Crippen LogP contribution is -2.55. The van der Waals surface area contributed by atoms with Crippen molar-refractivity contribution in [3.63, 3.8) is 0 Å². The van der Waals surface area contributed by atoms with Crippen molar-refractivity contribution in [3.05, 3.63) is 46.5 Å². The molecule has 2 aliphatic heterocycles. The first kappa shape index (κ1) is 21.2. The molecule has 0 bridgehead atoms. The summed E-state index contributed by atoms with van der Waals surface area (Å²) in [6.45, 7) is 6.72. The number of nitrogens with zero attached hydrogens (tertiary/aromatic N) is 3. The minimum absolute atomic E-state index is 0.0661. The van der Waals surface area contributed by atoms with Gasteiger partial charge in [0.25, 0.3) is 5.91 Å². The molecule has 1 aromatic rings. The molecule has 0 saturated carbocycles. The average Bonchev–Trinajstić information content (AvgIpc) is 2.73. The van der Waals surface area contributed by atoms with Crippen LogP contribution in [-0.4, -0.2) is 28.0 Å². The van der Waals surface area contributed by atoms with Gasteiger partial charge in [0.05, 0.1) is 5.36 Å². The van der Waals surface area contributed by atoms with E-state index in [4.69, 9.17) is 10.1 Å². The molecule has 3 atom stereocenters. The zero-order valence-corrected chi connectivity index (χ0v) is 19.0. The third kappa shape index (κ3) is 4.34. The number of hydrogen-bond acceptors (Lipinski definition) is 5. The fourth-order valence-corrected chi connectivity index (χ4v) is 5.47. The second-order valence-electron chi connectivity index (χ2n) is 8.65. The number of carbonyl (C=O) groups is 1. The van der Waals surface area contributed by atoms with Crippen molar-refractivity contribution in [1.29, 1.82) is 0 Å². The van der Waals surface area contributed by atoms with E-state index in [-0.39, 0.29) is 12.1 Å². The van der Waals surface area contributed by atoms with E-state index >= 15 is 0 Å². The monoisotopic (exact) mass is 424 g/mol. The van der Waals surface area contributed by atoms with E-state index in [2.05, 4.69) is 32.2 Å². The van der Waals surface area contributed by atoms with Crippen LogP contribution in [0.3, 0.4) is 0 Å². The SMILES string of the molecule is CCCCCCSC1=NN2C(=c3ccccc3=NC2C2CC=C(C)CC2C)C(=O)N1. The first-order valence-corrected chi connectivity index (χ1v) is 12.2. The molecule has 4 rings (SSSR count). The lowest BCUT2D eigenvalue weighted by molar-refractivity contribution is -0.116. The van der Waals surface area contributed by atoms with Crippen molar-refractivity contribution in [3.8, 4) is 0 Å². The van der Waals surface area contributed by atoms with Crippen LogP contribution in [-0.2, 0) is 4.79 Å². The van der Waals surface area contributed by atoms with Gasteiger partial charge in [-0.25, -0.2) is 5.01 Å². The Morgan fingerprint density at radius 1 is 1.23 bits per heavy atom. The summed E-state index contributed by atoms with van der Waals surface area (Å²) in [7, 11) is 0. The Bertz CT molecular complexity index is 983. The molecule has 0 fully saturated rings. The summed E-state index contributed by atoms with van der Waals surface area (Å²) in [5.41, 5.74) is 2.08. The van der Waals surface area contributed by atoms with E-state index in [1.165, 1.54) is 24.8 Å². The largest absolute Gasteiger partial charge is 0.298 e. The smallest absolute Gasteiger partial charge is 0.276 e. The molecule has 160 valence electrons. The molecule has 1 amide bonds. The lowest BCUT2D eigenvalue weighted by atomic mass is 9.79. The van der Waals surface area contributed by atoms with Crippen molar-refractivity contribution >= 4 is 28.5 Å². The van der Waals surface area contributed by atoms with Gasteiger partial charge in [0.15, 0.2) is 5.17 Å². The van der Waals surface area contributed by atoms with Crippen molar-refractivity contribution in [2.45, 2.75) is 65.5 Å². The first-order valence-electron chi connectivity index (χ1n) is 11.2. The maximum absolute atomic E-state index is 13.2. The van der Waals surface area contributed by atoms with Gasteiger partial charge in [0, 0.05) is 16.9 Å². The van der Waals surface area contributed by atoms with Crippen LogP contribution in [0, 0.1) is 11.8 Å². The fraction of sp³-hybridized carbons (Fsp3) is 0.542. The van der Waals surface area contributed by atoms with Gasteiger partial charge in [0.1, 0.15) is 11.9 Å². The molecule has 3 unspecified atom stereocenters. The highest BCUT2D eigenvalue weighted by Crippen LogP contribution is 2.36. The van der Waals surface area contributed by atoms with Gasteiger partial charge in [-0.1, -0.05) is 74.7 Å². The summed E-state index contributed by atoms with van der Waals surface area (Å²) >= 11 is 1.65. The zero-order valence-electron chi connectivity index (χ0n) is 18.2. The number of para-hydroxylation sites is 1. The Morgan fingerprint density at radius 2 is 2.07 bits per heavy atom. The van der Waals surface area contributed by atoms with E-state index in [1.807, 2.05) is 29.3 Å². The third-order valence-corrected chi connectivity index (χ3v) is 7.23. The highest BCUT2D eigenvalue weighted by atomic mass is 32.2. The number of hydrogen-bond donors (Lipinski definition) is 1. The lowest BCUT2D eigenvalue weighted by Gasteiger charge is -2.40. The molecule has 5 nitrogen and oxygen atoms in total. The molecule has 30 heavy (non-hydrogen) atoms. The number of nitrogens with one attached hydrogen (secondary N) is 1. The Kier molecular flexibility index (Phi) is 6.61. The van der Waals surface area contributed by atoms with Gasteiger partial charge in [-0.15, -0.1) is 5.10 Å². The van der Waals surface area contributed by atoms with Crippen molar-refractivity contribution in [2.24, 2.45) is 21.9 Å². The van der Waals surface area contributed by atoms with E-state index in [1.54, 1.807) is 11.8 Å². The summed E-state index contributed by atoms with van der Waals surface area (Å²) in [4.78, 5) is 18.3. The maximum atomic E-state index is 13.2. The van der Waals surface area contributed by atoms with Gasteiger partial charge >= 0.3 is 0 Å². The number of amides is 1. The minimum Gasteiger partial charge on any atom is -0.298 e. The molecule has 1 aliphatic carbocycles. The Morgan fingerprint density at radius 3 is 2.87 bits per heavy atom. The predicted octanol–water partition coefficient (Wildman–Crippen LogP) is 3.76. The molecule has 2 heterocycles. The van der Waals surface area contributed by atoms with Gasteiger partial charge in [0.2, 0.25) is 0 Å². The van der Waals surface area contributed by atoms with E-state index < -0.39 is 0 Å². The standard InChI is InChI=1S/C24H32N4OS/c1-4-5-6-9-14-30-24-26-23(29)21-19-10-7-8-11-20(19)25-22(28(21)27-24)18-13-12-16(2)15-17(18)3/h7-8,10-12,17-18,22H,4-6,9,13-15H2,1-3H3,(H,26,27,29). The summed E-state index contributed by atoms with van der Waals surface area (Å²) < 4.78 is 0. The zero-order chi connectivity index (χ0) is 21.1. The van der Waals surface area contributed by atoms with Crippen LogP contribution in [0.2, 0.25) is 0 Å². The van der Waals surface area contributed by atoms with E-state index in [9.17, 15) is 4.79 Å². The van der Waals surface area contributed by atoms with E-state index in [0.29, 0.717) is 22.7 Å². The number of unbranched alkanes of at least 4 members (excludes halogenated alkanes) is 3. The second kappa shape index (κ2) is 9.38. The normalized spacial score (nSPS) is 25.6. The van der Waals surface area contributed by atoms with Crippen LogP contribution >= 0.6 is 11.8 Å². The summed E-state index contributed by atoms with van der Waals surface area (Å²) in [6, 6.07) is 7.94. The molecule has 0 saturated heterocycles. The highest BCUT2D eigenvalue weighted by Gasteiger charge is 2.39. The summed E-state index contributed by atoms with van der Waals surface area (Å²) in [5, 5.41) is 12.3. The molecule has 1 aromatic carbocycles. The van der Waals surface area contributed by atoms with Crippen LogP contribution in [0.15, 0.2) is 46.0 Å². The molecular formula is C24H32N4OS. The van der Waals surface area contributed by atoms with Gasteiger partial charge in [-0.05, 0) is 38.2 Å². The van der Waals surface area contributed by atoms with Gasteiger partial charge in [-0.2, -0.15) is 0 Å². The van der Waals surface area contributed by atoms with Crippen LogP contribution in [0.25, 0.3) is 5.70 Å². The molecule has 3 aliphatic rings. The van der Waals surface area contributed by atoms with Crippen LogP contribution in [0.1, 0.15) is 59.3 Å². The number of rotatable bonds is 6. The van der Waals surface area contributed by atoms with Crippen LogP contribution in [0.4, 0.5) is 0 Å². The number of hydrazone groups is 1. The topological polar surface area (TPSA) is 57.1 Å². The van der Waals surface area contributed by atoms with Crippen LogP contribution in [0.5, 0.6) is 0 Å². The minimum atomic E-state index is -0.143.